The quantitative estimate of drug-likeness (QED) is 0.830. The lowest BCUT2D eigenvalue weighted by atomic mass is 10.2. The molecule has 1 heterocycles. The van der Waals surface area contributed by atoms with E-state index in [1.54, 1.807) is 37.3 Å². The van der Waals surface area contributed by atoms with Crippen molar-refractivity contribution in [3.63, 3.8) is 0 Å². The summed E-state index contributed by atoms with van der Waals surface area (Å²) in [6, 6.07) is 6.47. The van der Waals surface area contributed by atoms with Crippen molar-refractivity contribution in [3.8, 4) is 5.75 Å². The van der Waals surface area contributed by atoms with Crippen molar-refractivity contribution in [3.05, 3.63) is 29.8 Å². The Morgan fingerprint density at radius 1 is 1.23 bits per heavy atom. The van der Waals surface area contributed by atoms with Gasteiger partial charge in [-0.05, 0) is 18.2 Å². The number of carbonyl (C=O) groups is 2. The van der Waals surface area contributed by atoms with E-state index >= 15 is 0 Å². The number of amides is 1. The van der Waals surface area contributed by atoms with Crippen LogP contribution in [-0.2, 0) is 14.3 Å². The third-order valence-corrected chi connectivity index (χ3v) is 3.55. The first kappa shape index (κ1) is 16.3. The molecule has 7 heteroatoms. The summed E-state index contributed by atoms with van der Waals surface area (Å²) in [6.07, 6.45) is -0.305. The van der Waals surface area contributed by atoms with E-state index in [2.05, 4.69) is 0 Å². The Labute approximate surface area is 128 Å². The van der Waals surface area contributed by atoms with Crippen LogP contribution in [0.1, 0.15) is 10.4 Å². The van der Waals surface area contributed by atoms with Gasteiger partial charge in [-0.15, -0.1) is 0 Å². The Bertz CT molecular complexity index is 535. The molecule has 0 saturated carbocycles. The van der Waals surface area contributed by atoms with Crippen molar-refractivity contribution >= 4 is 11.9 Å². The summed E-state index contributed by atoms with van der Waals surface area (Å²) in [7, 11) is 3.18. The molecule has 0 aromatic heterocycles. The maximum absolute atomic E-state index is 12.5. The molecule has 1 aliphatic rings. The summed E-state index contributed by atoms with van der Waals surface area (Å²) in [5, 5.41) is 8.61. The first-order valence-electron chi connectivity index (χ1n) is 6.84. The van der Waals surface area contributed by atoms with Gasteiger partial charge in [0.1, 0.15) is 18.0 Å². The van der Waals surface area contributed by atoms with Gasteiger partial charge < -0.3 is 24.2 Å². The Balaban J connectivity index is 2.06. The van der Waals surface area contributed by atoms with Crippen molar-refractivity contribution in [1.29, 1.82) is 0 Å². The number of rotatable bonds is 6. The van der Waals surface area contributed by atoms with Crippen LogP contribution in [0.3, 0.4) is 0 Å². The van der Waals surface area contributed by atoms with Gasteiger partial charge in [-0.1, -0.05) is 6.07 Å². The van der Waals surface area contributed by atoms with Crippen LogP contribution in [0.15, 0.2) is 24.3 Å². The van der Waals surface area contributed by atoms with E-state index in [-0.39, 0.29) is 18.1 Å². The van der Waals surface area contributed by atoms with Crippen molar-refractivity contribution < 1.29 is 28.9 Å². The largest absolute Gasteiger partial charge is 0.482 e. The maximum Gasteiger partial charge on any atom is 0.341 e. The molecule has 2 rings (SSSR count). The second-order valence-electron chi connectivity index (χ2n) is 4.97. The van der Waals surface area contributed by atoms with E-state index in [4.69, 9.17) is 19.3 Å². The van der Waals surface area contributed by atoms with Crippen molar-refractivity contribution in [2.75, 3.05) is 33.9 Å². The number of carbonyl (C=O) groups excluding carboxylic acids is 1. The number of methoxy groups -OCH3 is 2. The van der Waals surface area contributed by atoms with Crippen LogP contribution in [0, 0.1) is 0 Å². The molecule has 1 N–H and O–H groups in total. The van der Waals surface area contributed by atoms with Crippen LogP contribution in [-0.4, -0.2) is 68.0 Å². The molecule has 1 aromatic carbocycles. The zero-order chi connectivity index (χ0) is 16.1. The van der Waals surface area contributed by atoms with Crippen LogP contribution in [0.25, 0.3) is 0 Å². The molecule has 1 aromatic rings. The standard InChI is InChI=1S/C15H19NO6/c1-20-12-7-16(8-13(12)21-2)15(19)10-4-3-5-11(6-10)22-9-14(17)18/h3-6,12-13H,7-9H2,1-2H3,(H,17,18)/t12-,13+. The van der Waals surface area contributed by atoms with Gasteiger partial charge in [0.05, 0.1) is 0 Å². The zero-order valence-corrected chi connectivity index (χ0v) is 12.5. The molecule has 1 aliphatic heterocycles. The molecule has 2 atom stereocenters. The summed E-state index contributed by atoms with van der Waals surface area (Å²) < 4.78 is 15.7. The lowest BCUT2D eigenvalue weighted by Gasteiger charge is -2.16. The summed E-state index contributed by atoms with van der Waals surface area (Å²) in [5.74, 6) is -0.886. The van der Waals surface area contributed by atoms with Gasteiger partial charge in [0.2, 0.25) is 0 Å². The Morgan fingerprint density at radius 2 is 1.86 bits per heavy atom. The highest BCUT2D eigenvalue weighted by molar-refractivity contribution is 5.94. The summed E-state index contributed by atoms with van der Waals surface area (Å²) >= 11 is 0. The van der Waals surface area contributed by atoms with Crippen LogP contribution >= 0.6 is 0 Å². The average molecular weight is 309 g/mol. The number of aliphatic carboxylic acids is 1. The fourth-order valence-corrected chi connectivity index (χ4v) is 2.41. The van der Waals surface area contributed by atoms with Gasteiger partial charge in [0.15, 0.2) is 6.61 Å². The molecule has 1 amide bonds. The van der Waals surface area contributed by atoms with E-state index in [1.165, 1.54) is 6.07 Å². The third kappa shape index (κ3) is 3.75. The first-order valence-corrected chi connectivity index (χ1v) is 6.84. The van der Waals surface area contributed by atoms with Gasteiger partial charge in [0.25, 0.3) is 5.91 Å². The predicted molar refractivity (Wildman–Crippen MR) is 77.1 cm³/mol. The lowest BCUT2D eigenvalue weighted by Crippen LogP contribution is -2.30. The molecule has 0 unspecified atom stereocenters. The van der Waals surface area contributed by atoms with Crippen molar-refractivity contribution in [2.45, 2.75) is 12.2 Å². The topological polar surface area (TPSA) is 85.3 Å². The minimum atomic E-state index is -1.07. The van der Waals surface area contributed by atoms with Gasteiger partial charge in [-0.3, -0.25) is 4.79 Å². The first-order chi connectivity index (χ1) is 10.5. The fraction of sp³-hybridized carbons (Fsp3) is 0.467. The highest BCUT2D eigenvalue weighted by Gasteiger charge is 2.35. The van der Waals surface area contributed by atoms with Crippen LogP contribution < -0.4 is 4.74 Å². The lowest BCUT2D eigenvalue weighted by molar-refractivity contribution is -0.139. The van der Waals surface area contributed by atoms with Crippen molar-refractivity contribution in [1.82, 2.24) is 4.90 Å². The van der Waals surface area contributed by atoms with Gasteiger partial charge >= 0.3 is 5.97 Å². The number of nitrogens with zero attached hydrogens (tertiary/aromatic N) is 1. The Morgan fingerprint density at radius 3 is 2.41 bits per heavy atom. The van der Waals surface area contributed by atoms with Crippen LogP contribution in [0.2, 0.25) is 0 Å². The van der Waals surface area contributed by atoms with Gasteiger partial charge in [-0.2, -0.15) is 0 Å². The van der Waals surface area contributed by atoms with E-state index < -0.39 is 12.6 Å². The van der Waals surface area contributed by atoms with Crippen molar-refractivity contribution in [2.24, 2.45) is 0 Å². The van der Waals surface area contributed by atoms with E-state index in [9.17, 15) is 9.59 Å². The SMILES string of the molecule is CO[C@H]1CN(C(=O)c2cccc(OCC(=O)O)c2)C[C@H]1OC. The molecule has 0 aliphatic carbocycles. The minimum absolute atomic E-state index is 0.152. The molecule has 0 spiro atoms. The molecule has 22 heavy (non-hydrogen) atoms. The highest BCUT2D eigenvalue weighted by Crippen LogP contribution is 2.20. The number of benzene rings is 1. The van der Waals surface area contributed by atoms with Gasteiger partial charge in [0, 0.05) is 32.9 Å². The predicted octanol–water partition coefficient (Wildman–Crippen LogP) is 0.636. The highest BCUT2D eigenvalue weighted by atomic mass is 16.5. The average Bonchev–Trinajstić information content (AvgIpc) is 2.95. The minimum Gasteiger partial charge on any atom is -0.482 e. The van der Waals surface area contributed by atoms with E-state index in [0.29, 0.717) is 24.4 Å². The number of ether oxygens (including phenoxy) is 3. The molecule has 1 fully saturated rings. The molecular formula is C15H19NO6. The summed E-state index contributed by atoms with van der Waals surface area (Å²) in [6.45, 7) is 0.459. The van der Waals surface area contributed by atoms with Crippen LogP contribution in [0.4, 0.5) is 0 Å². The van der Waals surface area contributed by atoms with Gasteiger partial charge in [-0.25, -0.2) is 4.79 Å². The normalized spacial score (nSPS) is 20.9. The zero-order valence-electron chi connectivity index (χ0n) is 12.5. The number of carboxylic acid groups (broad SMARTS) is 1. The Hall–Kier alpha value is -2.12. The molecule has 0 bridgehead atoms. The maximum atomic E-state index is 12.5. The second-order valence-corrected chi connectivity index (χ2v) is 4.97. The molecule has 120 valence electrons. The van der Waals surface area contributed by atoms with Crippen LogP contribution in [0.5, 0.6) is 5.75 Å². The number of carboxylic acids is 1. The smallest absolute Gasteiger partial charge is 0.341 e. The number of hydrogen-bond donors (Lipinski definition) is 1. The molecule has 1 saturated heterocycles. The van der Waals surface area contributed by atoms with E-state index in [1.807, 2.05) is 0 Å². The Kier molecular flexibility index (Phi) is 5.35. The molecule has 0 radical (unpaired) electrons. The number of hydrogen-bond acceptors (Lipinski definition) is 5. The monoisotopic (exact) mass is 309 g/mol. The third-order valence-electron chi connectivity index (χ3n) is 3.55. The second kappa shape index (κ2) is 7.24. The summed E-state index contributed by atoms with van der Waals surface area (Å²) in [4.78, 5) is 24.7. The summed E-state index contributed by atoms with van der Waals surface area (Å²) in [5.41, 5.74) is 0.439. The molecule has 7 nitrogen and oxygen atoms in total. The fourth-order valence-electron chi connectivity index (χ4n) is 2.41. The van der Waals surface area contributed by atoms with E-state index in [0.717, 1.165) is 0 Å². The molecular weight excluding hydrogens is 290 g/mol. The number of likely N-dealkylation sites (tertiary alicyclic amines) is 1.